The molecule has 2 heterocycles. The topological polar surface area (TPSA) is 89.7 Å². The van der Waals surface area contributed by atoms with Crippen LogP contribution in [0, 0.1) is 0 Å². The summed E-state index contributed by atoms with van der Waals surface area (Å²) in [4.78, 5) is 9.85. The predicted molar refractivity (Wildman–Crippen MR) is 64.3 cm³/mol. The van der Waals surface area contributed by atoms with Crippen molar-refractivity contribution < 1.29 is 15.2 Å². The van der Waals surface area contributed by atoms with Crippen molar-refractivity contribution in [3.8, 4) is 0 Å². The van der Waals surface area contributed by atoms with Crippen molar-refractivity contribution in [3.05, 3.63) is 11.3 Å². The van der Waals surface area contributed by atoms with Gasteiger partial charge in [-0.05, 0) is 12.8 Å². The molecule has 0 amide bonds. The zero-order chi connectivity index (χ0) is 12.4. The number of hydrogen-bond donors (Lipinski definition) is 3. The Morgan fingerprint density at radius 1 is 1.47 bits per heavy atom. The Bertz CT molecular complexity index is 407. The Hall–Kier alpha value is -0.885. The van der Waals surface area contributed by atoms with Crippen LogP contribution in [0.4, 0.5) is 5.95 Å². The molecule has 0 aromatic carbocycles. The number of aliphatic hydroxyl groups is 1. The molecule has 1 aromatic heterocycles. The summed E-state index contributed by atoms with van der Waals surface area (Å²) >= 11 is 5.82. The minimum atomic E-state index is -1.68. The highest BCUT2D eigenvalue weighted by Crippen LogP contribution is 2.16. The van der Waals surface area contributed by atoms with Crippen LogP contribution in [0.25, 0.3) is 0 Å². The quantitative estimate of drug-likeness (QED) is 0.454. The Kier molecular flexibility index (Phi) is 3.83. The molecule has 1 aliphatic rings. The molecule has 0 aliphatic carbocycles. The van der Waals surface area contributed by atoms with Gasteiger partial charge in [0, 0.05) is 24.7 Å². The molecule has 1 atom stereocenters. The van der Waals surface area contributed by atoms with Crippen LogP contribution in [-0.4, -0.2) is 51.4 Å². The molecule has 2 rings (SSSR count). The average molecular weight is 257 g/mol. The summed E-state index contributed by atoms with van der Waals surface area (Å²) < 4.78 is 0. The van der Waals surface area contributed by atoms with E-state index in [0.717, 1.165) is 19.4 Å². The number of piperidine rings is 1. The van der Waals surface area contributed by atoms with Gasteiger partial charge in [0.25, 0.3) is 0 Å². The number of β-amino-alcohol motifs (C(OH)–C–C–N with tert-alkyl or cyclic N) is 1. The second kappa shape index (κ2) is 5.18. The van der Waals surface area contributed by atoms with Gasteiger partial charge in [-0.2, -0.15) is 0 Å². The van der Waals surface area contributed by atoms with E-state index in [4.69, 9.17) is 21.6 Å². The SMILES string of the molecule is OB(O)c1cnc(N2CCCC(O)C2)nc1Cl. The van der Waals surface area contributed by atoms with Gasteiger partial charge < -0.3 is 20.1 Å². The summed E-state index contributed by atoms with van der Waals surface area (Å²) in [7, 11) is -1.68. The number of rotatable bonds is 2. The van der Waals surface area contributed by atoms with Crippen LogP contribution in [0.1, 0.15) is 12.8 Å². The Balaban J connectivity index is 2.19. The molecule has 0 bridgehead atoms. The molecule has 1 fully saturated rings. The maximum Gasteiger partial charge on any atom is 0.493 e. The highest BCUT2D eigenvalue weighted by atomic mass is 35.5. The summed E-state index contributed by atoms with van der Waals surface area (Å²) in [6, 6.07) is 0. The van der Waals surface area contributed by atoms with Crippen molar-refractivity contribution in [1.82, 2.24) is 9.97 Å². The highest BCUT2D eigenvalue weighted by Gasteiger charge is 2.22. The van der Waals surface area contributed by atoms with Crippen LogP contribution in [0.3, 0.4) is 0 Å². The summed E-state index contributed by atoms with van der Waals surface area (Å²) in [5.41, 5.74) is 0.0768. The summed E-state index contributed by atoms with van der Waals surface area (Å²) in [5, 5.41) is 27.5. The molecule has 0 radical (unpaired) electrons. The van der Waals surface area contributed by atoms with Crippen LogP contribution in [0.2, 0.25) is 5.15 Å². The first-order valence-electron chi connectivity index (χ1n) is 5.39. The van der Waals surface area contributed by atoms with Gasteiger partial charge in [-0.1, -0.05) is 11.6 Å². The van der Waals surface area contributed by atoms with E-state index in [1.807, 2.05) is 4.90 Å². The van der Waals surface area contributed by atoms with Crippen LogP contribution in [0.15, 0.2) is 6.20 Å². The van der Waals surface area contributed by atoms with Gasteiger partial charge in [-0.15, -0.1) is 0 Å². The highest BCUT2D eigenvalue weighted by molar-refractivity contribution is 6.62. The molecule has 8 heteroatoms. The van der Waals surface area contributed by atoms with Gasteiger partial charge in [-0.3, -0.25) is 0 Å². The predicted octanol–water partition coefficient (Wildman–Crippen LogP) is -1.23. The lowest BCUT2D eigenvalue weighted by atomic mass is 9.83. The van der Waals surface area contributed by atoms with Gasteiger partial charge in [0.15, 0.2) is 0 Å². The molecule has 1 unspecified atom stereocenters. The van der Waals surface area contributed by atoms with E-state index in [2.05, 4.69) is 9.97 Å². The van der Waals surface area contributed by atoms with Crippen molar-refractivity contribution >= 4 is 30.1 Å². The number of nitrogens with zero attached hydrogens (tertiary/aromatic N) is 3. The van der Waals surface area contributed by atoms with E-state index in [1.54, 1.807) is 0 Å². The summed E-state index contributed by atoms with van der Waals surface area (Å²) in [6.45, 7) is 1.23. The third-order valence-corrected chi connectivity index (χ3v) is 3.02. The lowest BCUT2D eigenvalue weighted by Gasteiger charge is -2.30. The van der Waals surface area contributed by atoms with E-state index < -0.39 is 7.12 Å². The number of anilines is 1. The fourth-order valence-corrected chi connectivity index (χ4v) is 2.05. The molecular formula is C9H13BClN3O3. The molecular weight excluding hydrogens is 244 g/mol. The smallest absolute Gasteiger partial charge is 0.423 e. The second-order valence-corrected chi connectivity index (χ2v) is 4.39. The number of halogens is 1. The normalized spacial score (nSPS) is 20.5. The lowest BCUT2D eigenvalue weighted by molar-refractivity contribution is 0.153. The molecule has 0 spiro atoms. The Morgan fingerprint density at radius 2 is 2.24 bits per heavy atom. The first kappa shape index (κ1) is 12.6. The third-order valence-electron chi connectivity index (χ3n) is 2.71. The van der Waals surface area contributed by atoms with Gasteiger partial charge in [0.1, 0.15) is 5.15 Å². The fourth-order valence-electron chi connectivity index (χ4n) is 1.82. The molecule has 6 nitrogen and oxygen atoms in total. The van der Waals surface area contributed by atoms with E-state index >= 15 is 0 Å². The number of hydrogen-bond acceptors (Lipinski definition) is 6. The van der Waals surface area contributed by atoms with E-state index in [9.17, 15) is 5.11 Å². The first-order chi connectivity index (χ1) is 8.08. The van der Waals surface area contributed by atoms with E-state index in [1.165, 1.54) is 6.20 Å². The summed E-state index contributed by atoms with van der Waals surface area (Å²) in [5.74, 6) is 0.401. The van der Waals surface area contributed by atoms with Crippen molar-refractivity contribution in [2.24, 2.45) is 0 Å². The standard InChI is InChI=1S/C9H13BClN3O3/c11-8-7(10(16)17)4-12-9(13-8)14-3-1-2-6(15)5-14/h4,6,15-17H,1-3,5H2. The molecule has 0 saturated carbocycles. The number of aromatic nitrogens is 2. The van der Waals surface area contributed by atoms with Gasteiger partial charge in [0.2, 0.25) is 5.95 Å². The van der Waals surface area contributed by atoms with Gasteiger partial charge >= 0.3 is 7.12 Å². The maximum atomic E-state index is 9.54. The molecule has 1 aromatic rings. The average Bonchev–Trinajstić information content (AvgIpc) is 2.28. The minimum absolute atomic E-state index is 0.0186. The van der Waals surface area contributed by atoms with Gasteiger partial charge in [0.05, 0.1) is 6.10 Å². The summed E-state index contributed by atoms with van der Waals surface area (Å²) in [6.07, 6.45) is 2.55. The first-order valence-corrected chi connectivity index (χ1v) is 5.77. The van der Waals surface area contributed by atoms with E-state index in [0.29, 0.717) is 12.5 Å². The minimum Gasteiger partial charge on any atom is -0.423 e. The molecule has 17 heavy (non-hydrogen) atoms. The number of aliphatic hydroxyl groups excluding tert-OH is 1. The molecule has 1 saturated heterocycles. The monoisotopic (exact) mass is 257 g/mol. The van der Waals surface area contributed by atoms with Crippen LogP contribution >= 0.6 is 11.6 Å². The molecule has 3 N–H and O–H groups in total. The molecule has 92 valence electrons. The fraction of sp³-hybridized carbons (Fsp3) is 0.556. The van der Waals surface area contributed by atoms with E-state index in [-0.39, 0.29) is 16.7 Å². The lowest BCUT2D eigenvalue weighted by Crippen LogP contribution is -2.40. The van der Waals surface area contributed by atoms with Gasteiger partial charge in [-0.25, -0.2) is 9.97 Å². The third kappa shape index (κ3) is 2.87. The largest absolute Gasteiger partial charge is 0.493 e. The molecule has 1 aliphatic heterocycles. The zero-order valence-electron chi connectivity index (χ0n) is 9.12. The van der Waals surface area contributed by atoms with Crippen molar-refractivity contribution in [1.29, 1.82) is 0 Å². The van der Waals surface area contributed by atoms with Crippen LogP contribution in [0.5, 0.6) is 0 Å². The zero-order valence-corrected chi connectivity index (χ0v) is 9.88. The van der Waals surface area contributed by atoms with Crippen molar-refractivity contribution in [2.75, 3.05) is 18.0 Å². The second-order valence-electron chi connectivity index (χ2n) is 4.03. The van der Waals surface area contributed by atoms with Crippen LogP contribution in [-0.2, 0) is 0 Å². The maximum absolute atomic E-state index is 9.54. The Labute approximate surface area is 104 Å². The van der Waals surface area contributed by atoms with Crippen molar-refractivity contribution in [2.45, 2.75) is 18.9 Å². The van der Waals surface area contributed by atoms with Crippen molar-refractivity contribution in [3.63, 3.8) is 0 Å². The Morgan fingerprint density at radius 3 is 2.82 bits per heavy atom. The van der Waals surface area contributed by atoms with Crippen LogP contribution < -0.4 is 10.4 Å².